The van der Waals surface area contributed by atoms with E-state index < -0.39 is 0 Å². The second kappa shape index (κ2) is 6.45. The normalized spacial score (nSPS) is 11.2. The average molecular weight is 236 g/mol. The van der Waals surface area contributed by atoms with Crippen molar-refractivity contribution >= 4 is 12.2 Å². The molecule has 0 aromatic heterocycles. The smallest absolute Gasteiger partial charge is 0.118 e. The van der Waals surface area contributed by atoms with Crippen LogP contribution in [0.15, 0.2) is 66.7 Å². The molecule has 0 aliphatic heterocycles. The molecule has 0 amide bonds. The Morgan fingerprint density at radius 2 is 1.28 bits per heavy atom. The summed E-state index contributed by atoms with van der Waals surface area (Å²) in [5.41, 5.74) is 2.37. The molecule has 0 saturated carbocycles. The molecule has 0 atom stereocenters. The number of benzene rings is 2. The van der Waals surface area contributed by atoms with Gasteiger partial charge in [0.25, 0.3) is 0 Å². The first kappa shape index (κ1) is 12.2. The Bertz CT molecular complexity index is 521. The Hall–Kier alpha value is -2.28. The molecule has 0 fully saturated rings. The highest BCUT2D eigenvalue weighted by atomic mass is 16.5. The second-order valence-electron chi connectivity index (χ2n) is 3.90. The van der Waals surface area contributed by atoms with E-state index in [4.69, 9.17) is 4.74 Å². The van der Waals surface area contributed by atoms with Gasteiger partial charge in [-0.05, 0) is 23.3 Å². The van der Waals surface area contributed by atoms with E-state index in [1.54, 1.807) is 7.11 Å². The Labute approximate surface area is 108 Å². The molecule has 18 heavy (non-hydrogen) atoms. The fourth-order valence-electron chi connectivity index (χ4n) is 1.61. The number of ether oxygens (including phenoxy) is 1. The van der Waals surface area contributed by atoms with Gasteiger partial charge >= 0.3 is 0 Å². The highest BCUT2D eigenvalue weighted by molar-refractivity contribution is 5.57. The summed E-state index contributed by atoms with van der Waals surface area (Å²) < 4.78 is 5.11. The minimum atomic E-state index is 0.881. The van der Waals surface area contributed by atoms with Crippen LogP contribution in [0.1, 0.15) is 11.1 Å². The monoisotopic (exact) mass is 236 g/mol. The molecule has 0 heterocycles. The van der Waals surface area contributed by atoms with Crippen molar-refractivity contribution < 1.29 is 4.74 Å². The molecular weight excluding hydrogens is 220 g/mol. The van der Waals surface area contributed by atoms with Crippen molar-refractivity contribution in [2.24, 2.45) is 0 Å². The summed E-state index contributed by atoms with van der Waals surface area (Å²) >= 11 is 0. The molecule has 0 spiro atoms. The number of rotatable bonds is 4. The molecule has 0 aliphatic rings. The van der Waals surface area contributed by atoms with E-state index in [1.165, 1.54) is 5.56 Å². The summed E-state index contributed by atoms with van der Waals surface area (Å²) in [5, 5.41) is 0. The summed E-state index contributed by atoms with van der Waals surface area (Å²) in [4.78, 5) is 0. The number of hydrogen-bond acceptors (Lipinski definition) is 1. The summed E-state index contributed by atoms with van der Waals surface area (Å²) in [6.07, 6.45) is 8.23. The molecular formula is C17H16O. The van der Waals surface area contributed by atoms with Crippen LogP contribution >= 0.6 is 0 Å². The van der Waals surface area contributed by atoms with Crippen LogP contribution in [0.4, 0.5) is 0 Å². The first-order valence-corrected chi connectivity index (χ1v) is 5.92. The van der Waals surface area contributed by atoms with Crippen molar-refractivity contribution in [3.8, 4) is 5.75 Å². The molecule has 1 heteroatoms. The highest BCUT2D eigenvalue weighted by Crippen LogP contribution is 2.12. The zero-order valence-corrected chi connectivity index (χ0v) is 10.4. The van der Waals surface area contributed by atoms with E-state index in [0.717, 1.165) is 11.3 Å². The van der Waals surface area contributed by atoms with Crippen LogP contribution in [-0.4, -0.2) is 7.11 Å². The van der Waals surface area contributed by atoms with Gasteiger partial charge < -0.3 is 4.74 Å². The van der Waals surface area contributed by atoms with Gasteiger partial charge in [0.1, 0.15) is 5.75 Å². The van der Waals surface area contributed by atoms with Crippen LogP contribution in [0.2, 0.25) is 0 Å². The molecule has 0 radical (unpaired) electrons. The third kappa shape index (κ3) is 3.63. The average Bonchev–Trinajstić information content (AvgIpc) is 2.45. The summed E-state index contributed by atoms with van der Waals surface area (Å²) in [6, 6.07) is 18.2. The molecule has 90 valence electrons. The number of methoxy groups -OCH3 is 1. The maximum atomic E-state index is 5.11. The lowest BCUT2D eigenvalue weighted by Crippen LogP contribution is -1.81. The second-order valence-corrected chi connectivity index (χ2v) is 3.90. The zero-order chi connectivity index (χ0) is 12.6. The van der Waals surface area contributed by atoms with E-state index in [-0.39, 0.29) is 0 Å². The lowest BCUT2D eigenvalue weighted by atomic mass is 10.2. The number of allylic oxidation sites excluding steroid dienone is 2. The van der Waals surface area contributed by atoms with E-state index in [9.17, 15) is 0 Å². The molecule has 1 nitrogen and oxygen atoms in total. The summed E-state index contributed by atoms with van der Waals surface area (Å²) in [7, 11) is 1.67. The van der Waals surface area contributed by atoms with Gasteiger partial charge in [0.15, 0.2) is 0 Å². The minimum Gasteiger partial charge on any atom is -0.497 e. The lowest BCUT2D eigenvalue weighted by molar-refractivity contribution is 0.415. The molecule has 0 N–H and O–H groups in total. The fraction of sp³-hybridized carbons (Fsp3) is 0.0588. The van der Waals surface area contributed by atoms with Gasteiger partial charge in [-0.15, -0.1) is 0 Å². The Morgan fingerprint density at radius 1 is 0.722 bits per heavy atom. The van der Waals surface area contributed by atoms with E-state index in [1.807, 2.05) is 54.6 Å². The first-order valence-electron chi connectivity index (χ1n) is 5.92. The van der Waals surface area contributed by atoms with Crippen LogP contribution < -0.4 is 4.74 Å². The van der Waals surface area contributed by atoms with Gasteiger partial charge in [-0.3, -0.25) is 0 Å². The molecule has 0 aliphatic carbocycles. The Balaban J connectivity index is 1.96. The molecule has 0 unspecified atom stereocenters. The van der Waals surface area contributed by atoms with Crippen LogP contribution in [0.5, 0.6) is 5.75 Å². The van der Waals surface area contributed by atoms with Crippen molar-refractivity contribution in [3.63, 3.8) is 0 Å². The van der Waals surface area contributed by atoms with Crippen molar-refractivity contribution in [3.05, 3.63) is 77.9 Å². The Kier molecular flexibility index (Phi) is 4.37. The van der Waals surface area contributed by atoms with E-state index in [0.29, 0.717) is 0 Å². The minimum absolute atomic E-state index is 0.881. The van der Waals surface area contributed by atoms with Crippen LogP contribution in [0.25, 0.3) is 12.2 Å². The van der Waals surface area contributed by atoms with Gasteiger partial charge in [0.05, 0.1) is 7.11 Å². The third-order valence-electron chi connectivity index (χ3n) is 2.60. The van der Waals surface area contributed by atoms with Gasteiger partial charge in [-0.25, -0.2) is 0 Å². The topological polar surface area (TPSA) is 9.23 Å². The van der Waals surface area contributed by atoms with Gasteiger partial charge in [0, 0.05) is 0 Å². The quantitative estimate of drug-likeness (QED) is 0.714. The molecule has 0 saturated heterocycles. The van der Waals surface area contributed by atoms with Crippen molar-refractivity contribution in [1.29, 1.82) is 0 Å². The van der Waals surface area contributed by atoms with E-state index in [2.05, 4.69) is 24.3 Å². The van der Waals surface area contributed by atoms with Crippen molar-refractivity contribution in [2.75, 3.05) is 7.11 Å². The third-order valence-corrected chi connectivity index (χ3v) is 2.60. The highest BCUT2D eigenvalue weighted by Gasteiger charge is 1.88. The SMILES string of the molecule is COc1ccc(/C=C/C=C\c2ccccc2)cc1. The number of hydrogen-bond donors (Lipinski definition) is 0. The summed E-state index contributed by atoms with van der Waals surface area (Å²) in [6.45, 7) is 0. The predicted molar refractivity (Wildman–Crippen MR) is 77.5 cm³/mol. The van der Waals surface area contributed by atoms with Crippen molar-refractivity contribution in [1.82, 2.24) is 0 Å². The fourth-order valence-corrected chi connectivity index (χ4v) is 1.61. The lowest BCUT2D eigenvalue weighted by Gasteiger charge is -1.98. The predicted octanol–water partition coefficient (Wildman–Crippen LogP) is 4.42. The zero-order valence-electron chi connectivity index (χ0n) is 10.4. The molecule has 0 bridgehead atoms. The van der Waals surface area contributed by atoms with Gasteiger partial charge in [0.2, 0.25) is 0 Å². The molecule has 2 aromatic rings. The van der Waals surface area contributed by atoms with Crippen LogP contribution in [0, 0.1) is 0 Å². The Morgan fingerprint density at radius 3 is 1.83 bits per heavy atom. The molecule has 2 aromatic carbocycles. The van der Waals surface area contributed by atoms with Gasteiger partial charge in [-0.1, -0.05) is 66.8 Å². The summed E-state index contributed by atoms with van der Waals surface area (Å²) in [5.74, 6) is 0.881. The van der Waals surface area contributed by atoms with E-state index >= 15 is 0 Å². The van der Waals surface area contributed by atoms with Crippen LogP contribution in [-0.2, 0) is 0 Å². The standard InChI is InChI=1S/C17H16O/c1-18-17-13-11-16(12-14-17)10-6-5-9-15-7-3-2-4-8-15/h2-14H,1H3/b9-5-,10-6+. The largest absolute Gasteiger partial charge is 0.497 e. The molecule has 2 rings (SSSR count). The maximum Gasteiger partial charge on any atom is 0.118 e. The first-order chi connectivity index (χ1) is 8.88. The van der Waals surface area contributed by atoms with Crippen molar-refractivity contribution in [2.45, 2.75) is 0 Å². The maximum absolute atomic E-state index is 5.11. The van der Waals surface area contributed by atoms with Crippen LogP contribution in [0.3, 0.4) is 0 Å². The van der Waals surface area contributed by atoms with Gasteiger partial charge in [-0.2, -0.15) is 0 Å².